The molecule has 0 aliphatic heterocycles. The minimum Gasteiger partial charge on any atom is -0.488 e. The summed E-state index contributed by atoms with van der Waals surface area (Å²) in [5, 5.41) is 3.32. The number of nitrogens with one attached hydrogen (secondary N) is 1. The molecule has 0 atom stereocenters. The highest BCUT2D eigenvalue weighted by Gasteiger charge is 2.00. The van der Waals surface area contributed by atoms with Gasteiger partial charge in [0.1, 0.15) is 12.4 Å². The second kappa shape index (κ2) is 8.82. The molecule has 1 heterocycles. The van der Waals surface area contributed by atoms with Gasteiger partial charge in [-0.15, -0.1) is 11.3 Å². The van der Waals surface area contributed by atoms with E-state index in [1.807, 2.05) is 23.5 Å². The summed E-state index contributed by atoms with van der Waals surface area (Å²) >= 11 is 1.82. The summed E-state index contributed by atoms with van der Waals surface area (Å²) in [5.74, 6) is 0.919. The quantitative estimate of drug-likeness (QED) is 0.718. The largest absolute Gasteiger partial charge is 0.488 e. The summed E-state index contributed by atoms with van der Waals surface area (Å²) in [6, 6.07) is 12.6. The van der Waals surface area contributed by atoms with Gasteiger partial charge < -0.3 is 14.8 Å². The molecule has 0 bridgehead atoms. The van der Waals surface area contributed by atoms with Gasteiger partial charge in [0.15, 0.2) is 0 Å². The molecule has 21 heavy (non-hydrogen) atoms. The number of thiophene rings is 1. The van der Waals surface area contributed by atoms with E-state index in [1.165, 1.54) is 15.3 Å². The van der Waals surface area contributed by atoms with Gasteiger partial charge in [0.25, 0.3) is 0 Å². The standard InChI is InChI=1S/C17H23NO2S/c1-3-16-8-9-17(21-16)13-20-15-6-4-14(5-7-15)12-18-10-11-19-2/h4-9,18H,3,10-13H2,1-2H3. The van der Waals surface area contributed by atoms with Gasteiger partial charge in [-0.05, 0) is 36.2 Å². The number of hydrogen-bond donors (Lipinski definition) is 1. The number of ether oxygens (including phenoxy) is 2. The SMILES string of the molecule is CCc1ccc(COc2ccc(CNCCOC)cc2)s1. The van der Waals surface area contributed by atoms with Crippen LogP contribution in [0.25, 0.3) is 0 Å². The van der Waals surface area contributed by atoms with Crippen molar-refractivity contribution in [3.63, 3.8) is 0 Å². The topological polar surface area (TPSA) is 30.5 Å². The molecule has 0 saturated heterocycles. The van der Waals surface area contributed by atoms with Crippen LogP contribution in [0.3, 0.4) is 0 Å². The average molecular weight is 305 g/mol. The Hall–Kier alpha value is -1.36. The summed E-state index contributed by atoms with van der Waals surface area (Å²) in [6.07, 6.45) is 1.09. The summed E-state index contributed by atoms with van der Waals surface area (Å²) in [5.41, 5.74) is 1.25. The first-order valence-corrected chi connectivity index (χ1v) is 8.12. The number of methoxy groups -OCH3 is 1. The maximum atomic E-state index is 5.82. The summed E-state index contributed by atoms with van der Waals surface area (Å²) in [6.45, 7) is 5.29. The van der Waals surface area contributed by atoms with Gasteiger partial charge in [-0.1, -0.05) is 19.1 Å². The Morgan fingerprint density at radius 2 is 1.81 bits per heavy atom. The molecule has 2 rings (SSSR count). The third-order valence-corrected chi connectivity index (χ3v) is 4.39. The smallest absolute Gasteiger partial charge is 0.122 e. The lowest BCUT2D eigenvalue weighted by Gasteiger charge is -2.07. The Bertz CT molecular complexity index is 522. The van der Waals surface area contributed by atoms with Crippen molar-refractivity contribution in [1.29, 1.82) is 0 Å². The van der Waals surface area contributed by atoms with Crippen LogP contribution in [0, 0.1) is 0 Å². The second-order valence-electron chi connectivity index (χ2n) is 4.82. The Kier molecular flexibility index (Phi) is 6.73. The second-order valence-corrected chi connectivity index (χ2v) is 6.08. The Morgan fingerprint density at radius 1 is 1.05 bits per heavy atom. The van der Waals surface area contributed by atoms with Crippen LogP contribution in [0.5, 0.6) is 5.75 Å². The molecule has 0 aliphatic rings. The molecule has 0 unspecified atom stereocenters. The number of hydrogen-bond acceptors (Lipinski definition) is 4. The maximum absolute atomic E-state index is 5.82. The van der Waals surface area contributed by atoms with Crippen molar-refractivity contribution in [3.8, 4) is 5.75 Å². The van der Waals surface area contributed by atoms with Crippen LogP contribution in [0.4, 0.5) is 0 Å². The zero-order valence-corrected chi connectivity index (χ0v) is 13.5. The fourth-order valence-corrected chi connectivity index (χ4v) is 2.83. The Labute approximate surface area is 130 Å². The molecular formula is C17H23NO2S. The highest BCUT2D eigenvalue weighted by molar-refractivity contribution is 7.11. The van der Waals surface area contributed by atoms with Crippen molar-refractivity contribution in [1.82, 2.24) is 5.32 Å². The normalized spacial score (nSPS) is 10.8. The van der Waals surface area contributed by atoms with Crippen molar-refractivity contribution in [3.05, 3.63) is 51.7 Å². The molecule has 1 aromatic carbocycles. The lowest BCUT2D eigenvalue weighted by molar-refractivity contribution is 0.199. The predicted molar refractivity (Wildman–Crippen MR) is 88.1 cm³/mol. The Morgan fingerprint density at radius 3 is 2.48 bits per heavy atom. The van der Waals surface area contributed by atoms with Crippen LogP contribution in [0.2, 0.25) is 0 Å². The van der Waals surface area contributed by atoms with Gasteiger partial charge in [-0.25, -0.2) is 0 Å². The number of rotatable bonds is 9. The van der Waals surface area contributed by atoms with E-state index in [0.717, 1.165) is 31.9 Å². The van der Waals surface area contributed by atoms with E-state index < -0.39 is 0 Å². The van der Waals surface area contributed by atoms with Crippen molar-refractivity contribution in [2.45, 2.75) is 26.5 Å². The lowest BCUT2D eigenvalue weighted by atomic mass is 10.2. The molecule has 114 valence electrons. The average Bonchev–Trinajstić information content (AvgIpc) is 2.99. The molecule has 0 spiro atoms. The lowest BCUT2D eigenvalue weighted by Crippen LogP contribution is -2.18. The van der Waals surface area contributed by atoms with Crippen LogP contribution in [0.1, 0.15) is 22.2 Å². The molecule has 0 radical (unpaired) electrons. The monoisotopic (exact) mass is 305 g/mol. The van der Waals surface area contributed by atoms with Crippen LogP contribution in [-0.4, -0.2) is 20.3 Å². The van der Waals surface area contributed by atoms with E-state index in [4.69, 9.17) is 9.47 Å². The van der Waals surface area contributed by atoms with E-state index in [1.54, 1.807) is 7.11 Å². The van der Waals surface area contributed by atoms with E-state index >= 15 is 0 Å². The molecule has 0 saturated carbocycles. The first kappa shape index (κ1) is 16.0. The van der Waals surface area contributed by atoms with Crippen molar-refractivity contribution < 1.29 is 9.47 Å². The zero-order chi connectivity index (χ0) is 14.9. The van der Waals surface area contributed by atoms with E-state index in [0.29, 0.717) is 6.61 Å². The maximum Gasteiger partial charge on any atom is 0.122 e. The van der Waals surface area contributed by atoms with Gasteiger partial charge in [0, 0.05) is 30.0 Å². The predicted octanol–water partition coefficient (Wildman–Crippen LogP) is 3.63. The van der Waals surface area contributed by atoms with E-state index in [2.05, 4.69) is 36.5 Å². The van der Waals surface area contributed by atoms with Gasteiger partial charge in [0.05, 0.1) is 6.61 Å². The van der Waals surface area contributed by atoms with Gasteiger partial charge in [0.2, 0.25) is 0 Å². The molecule has 1 N–H and O–H groups in total. The van der Waals surface area contributed by atoms with Crippen molar-refractivity contribution >= 4 is 11.3 Å². The van der Waals surface area contributed by atoms with Crippen molar-refractivity contribution in [2.24, 2.45) is 0 Å². The summed E-state index contributed by atoms with van der Waals surface area (Å²) in [4.78, 5) is 2.68. The molecular weight excluding hydrogens is 282 g/mol. The van der Waals surface area contributed by atoms with Gasteiger partial charge in [-0.3, -0.25) is 0 Å². The van der Waals surface area contributed by atoms with Crippen LogP contribution < -0.4 is 10.1 Å². The highest BCUT2D eigenvalue weighted by atomic mass is 32.1. The van der Waals surface area contributed by atoms with E-state index in [9.17, 15) is 0 Å². The molecule has 4 heteroatoms. The van der Waals surface area contributed by atoms with Crippen molar-refractivity contribution in [2.75, 3.05) is 20.3 Å². The van der Waals surface area contributed by atoms with E-state index in [-0.39, 0.29) is 0 Å². The molecule has 3 nitrogen and oxygen atoms in total. The van der Waals surface area contributed by atoms with Crippen LogP contribution in [-0.2, 0) is 24.3 Å². The molecule has 2 aromatic rings. The third-order valence-electron chi connectivity index (χ3n) is 3.18. The molecule has 0 aliphatic carbocycles. The number of aryl methyl sites for hydroxylation is 1. The summed E-state index contributed by atoms with van der Waals surface area (Å²) in [7, 11) is 1.71. The number of benzene rings is 1. The summed E-state index contributed by atoms with van der Waals surface area (Å²) < 4.78 is 10.8. The minimum atomic E-state index is 0.649. The molecule has 0 fully saturated rings. The van der Waals surface area contributed by atoms with Gasteiger partial charge >= 0.3 is 0 Å². The van der Waals surface area contributed by atoms with Crippen LogP contribution >= 0.6 is 11.3 Å². The highest BCUT2D eigenvalue weighted by Crippen LogP contribution is 2.20. The Balaban J connectivity index is 1.76. The fraction of sp³-hybridized carbons (Fsp3) is 0.412. The molecule has 1 aromatic heterocycles. The molecule has 0 amide bonds. The zero-order valence-electron chi connectivity index (χ0n) is 12.7. The van der Waals surface area contributed by atoms with Crippen LogP contribution in [0.15, 0.2) is 36.4 Å². The third kappa shape index (κ3) is 5.50. The fourth-order valence-electron chi connectivity index (χ4n) is 1.95. The first-order valence-electron chi connectivity index (χ1n) is 7.30. The van der Waals surface area contributed by atoms with Gasteiger partial charge in [-0.2, -0.15) is 0 Å². The minimum absolute atomic E-state index is 0.649. The first-order chi connectivity index (χ1) is 10.3.